The number of carbonyl (C=O) groups is 1. The van der Waals surface area contributed by atoms with Gasteiger partial charge in [0.25, 0.3) is 0 Å². The summed E-state index contributed by atoms with van der Waals surface area (Å²) in [6.07, 6.45) is 0. The van der Waals surface area contributed by atoms with Gasteiger partial charge in [0.05, 0.1) is 19.5 Å². The van der Waals surface area contributed by atoms with Crippen molar-refractivity contribution in [2.24, 2.45) is 0 Å². The number of nitrogen functional groups attached to an aromatic ring is 1. The molecule has 3 aromatic rings. The zero-order valence-electron chi connectivity index (χ0n) is 17.4. The van der Waals surface area contributed by atoms with Crippen molar-refractivity contribution in [3.05, 3.63) is 48.5 Å². The topological polar surface area (TPSA) is 95.5 Å². The Hall–Kier alpha value is -3.20. The average molecular weight is 428 g/mol. The van der Waals surface area contributed by atoms with E-state index in [1.165, 1.54) is 16.4 Å². The lowest BCUT2D eigenvalue weighted by molar-refractivity contribution is -0.117. The Bertz CT molecular complexity index is 1010. The Labute approximate surface area is 180 Å². The van der Waals surface area contributed by atoms with Crippen LogP contribution in [0.25, 0.3) is 11.4 Å². The second-order valence-corrected chi connectivity index (χ2v) is 7.73. The molecule has 0 aliphatic heterocycles. The number of ether oxygens (including phenoxy) is 2. The molecule has 1 amide bonds. The molecule has 0 radical (unpaired) electrons. The first-order valence-electron chi connectivity index (χ1n) is 9.46. The van der Waals surface area contributed by atoms with E-state index in [4.69, 9.17) is 15.3 Å². The Morgan fingerprint density at radius 3 is 2.47 bits per heavy atom. The minimum Gasteiger partial charge on any atom is -0.493 e. The molecule has 1 heterocycles. The number of nitrogens with zero attached hydrogens (tertiary/aromatic N) is 4. The molecule has 0 saturated heterocycles. The van der Waals surface area contributed by atoms with Gasteiger partial charge in [-0.2, -0.15) is 0 Å². The predicted octanol–water partition coefficient (Wildman–Crippen LogP) is 3.21. The third-order valence-electron chi connectivity index (χ3n) is 4.59. The van der Waals surface area contributed by atoms with E-state index in [1.54, 1.807) is 31.3 Å². The highest BCUT2D eigenvalue weighted by molar-refractivity contribution is 8.00. The van der Waals surface area contributed by atoms with Crippen molar-refractivity contribution in [3.63, 3.8) is 0 Å². The summed E-state index contributed by atoms with van der Waals surface area (Å²) in [6, 6.07) is 15.0. The Balaban J connectivity index is 1.80. The first-order valence-corrected chi connectivity index (χ1v) is 10.3. The zero-order valence-corrected chi connectivity index (χ0v) is 18.2. The number of para-hydroxylation sites is 1. The number of hydrogen-bond acceptors (Lipinski definition) is 7. The van der Waals surface area contributed by atoms with Gasteiger partial charge in [-0.15, -0.1) is 10.2 Å². The number of rotatable bonds is 8. The number of aromatic nitrogens is 3. The van der Waals surface area contributed by atoms with Crippen LogP contribution in [0.5, 0.6) is 11.5 Å². The van der Waals surface area contributed by atoms with Crippen LogP contribution in [0.2, 0.25) is 0 Å². The predicted molar refractivity (Wildman–Crippen MR) is 119 cm³/mol. The quantitative estimate of drug-likeness (QED) is 0.436. The van der Waals surface area contributed by atoms with Crippen LogP contribution >= 0.6 is 11.8 Å². The van der Waals surface area contributed by atoms with Crippen molar-refractivity contribution in [3.8, 4) is 22.9 Å². The van der Waals surface area contributed by atoms with Crippen LogP contribution < -0.4 is 20.2 Å². The van der Waals surface area contributed by atoms with Crippen LogP contribution in [0.1, 0.15) is 13.8 Å². The summed E-state index contributed by atoms with van der Waals surface area (Å²) >= 11 is 1.27. The molecule has 2 aromatic carbocycles. The smallest absolute Gasteiger partial charge is 0.240 e. The Morgan fingerprint density at radius 2 is 1.83 bits per heavy atom. The monoisotopic (exact) mass is 427 g/mol. The maximum absolute atomic E-state index is 13.0. The first-order chi connectivity index (χ1) is 14.5. The van der Waals surface area contributed by atoms with Gasteiger partial charge >= 0.3 is 0 Å². The number of thioether (sulfide) groups is 1. The number of methoxy groups -OCH3 is 2. The molecule has 0 aliphatic carbocycles. The van der Waals surface area contributed by atoms with Crippen molar-refractivity contribution < 1.29 is 14.3 Å². The molecule has 1 atom stereocenters. The minimum atomic E-state index is -0.394. The van der Waals surface area contributed by atoms with Gasteiger partial charge < -0.3 is 20.2 Å². The summed E-state index contributed by atoms with van der Waals surface area (Å²) in [5.74, 6) is 7.86. The van der Waals surface area contributed by atoms with Crippen LogP contribution in [-0.2, 0) is 4.79 Å². The average Bonchev–Trinajstić information content (AvgIpc) is 3.14. The van der Waals surface area contributed by atoms with Crippen LogP contribution in [-0.4, -0.2) is 46.8 Å². The lowest BCUT2D eigenvalue weighted by Gasteiger charge is -2.24. The molecule has 2 N–H and O–H groups in total. The van der Waals surface area contributed by atoms with E-state index < -0.39 is 5.25 Å². The van der Waals surface area contributed by atoms with E-state index in [1.807, 2.05) is 50.2 Å². The Morgan fingerprint density at radius 1 is 1.13 bits per heavy atom. The van der Waals surface area contributed by atoms with Crippen LogP contribution in [0, 0.1) is 0 Å². The molecule has 0 fully saturated rings. The fourth-order valence-electron chi connectivity index (χ4n) is 3.03. The maximum atomic E-state index is 13.0. The standard InChI is InChI=1S/C21H25N5O3S/c1-5-25(16-9-7-6-8-10-16)20(27)14(2)30-21-24-23-19(26(21)22)15-11-12-17(28-3)18(13-15)29-4/h6-14H,5,22H2,1-4H3. The number of anilines is 1. The largest absolute Gasteiger partial charge is 0.493 e. The number of carbonyl (C=O) groups excluding carboxylic acids is 1. The molecular weight excluding hydrogens is 402 g/mol. The molecule has 0 bridgehead atoms. The molecule has 1 unspecified atom stereocenters. The molecule has 0 saturated carbocycles. The Kier molecular flexibility index (Phi) is 6.83. The lowest BCUT2D eigenvalue weighted by Crippen LogP contribution is -2.36. The maximum Gasteiger partial charge on any atom is 0.240 e. The van der Waals surface area contributed by atoms with Crippen LogP contribution in [0.3, 0.4) is 0 Å². The highest BCUT2D eigenvalue weighted by Gasteiger charge is 2.24. The second-order valence-electron chi connectivity index (χ2n) is 6.42. The van der Waals surface area contributed by atoms with Gasteiger partial charge in [0.1, 0.15) is 0 Å². The van der Waals surface area contributed by atoms with Crippen LogP contribution in [0.4, 0.5) is 5.69 Å². The van der Waals surface area contributed by atoms with E-state index in [0.29, 0.717) is 29.0 Å². The van der Waals surface area contributed by atoms with E-state index in [9.17, 15) is 4.79 Å². The van der Waals surface area contributed by atoms with Gasteiger partial charge in [-0.1, -0.05) is 30.0 Å². The molecular formula is C21H25N5O3S. The van der Waals surface area contributed by atoms with Crippen molar-refractivity contribution >= 4 is 23.4 Å². The lowest BCUT2D eigenvalue weighted by atomic mass is 10.2. The first kappa shape index (κ1) is 21.5. The second kappa shape index (κ2) is 9.53. The highest BCUT2D eigenvalue weighted by atomic mass is 32.2. The van der Waals surface area contributed by atoms with E-state index in [0.717, 1.165) is 11.3 Å². The normalized spacial score (nSPS) is 11.7. The number of nitrogens with two attached hydrogens (primary N) is 1. The molecule has 9 heteroatoms. The van der Waals surface area contributed by atoms with Crippen molar-refractivity contribution in [2.75, 3.05) is 31.5 Å². The summed E-state index contributed by atoms with van der Waals surface area (Å²) < 4.78 is 12.0. The molecule has 1 aromatic heterocycles. The summed E-state index contributed by atoms with van der Waals surface area (Å²) in [7, 11) is 3.14. The van der Waals surface area contributed by atoms with Gasteiger partial charge in [0.2, 0.25) is 11.1 Å². The number of amides is 1. The third-order valence-corrected chi connectivity index (χ3v) is 5.63. The van der Waals surface area contributed by atoms with Gasteiger partial charge in [-0.3, -0.25) is 4.79 Å². The molecule has 30 heavy (non-hydrogen) atoms. The molecule has 8 nitrogen and oxygen atoms in total. The summed E-state index contributed by atoms with van der Waals surface area (Å²) in [5, 5.41) is 8.43. The van der Waals surface area contributed by atoms with E-state index >= 15 is 0 Å². The van der Waals surface area contributed by atoms with Gasteiger partial charge in [0, 0.05) is 17.8 Å². The molecule has 0 spiro atoms. The number of benzene rings is 2. The highest BCUT2D eigenvalue weighted by Crippen LogP contribution is 2.33. The fraction of sp³-hybridized carbons (Fsp3) is 0.286. The SMILES string of the molecule is CCN(C(=O)C(C)Sc1nnc(-c2ccc(OC)c(OC)c2)n1N)c1ccccc1. The molecule has 3 rings (SSSR count). The van der Waals surface area contributed by atoms with Gasteiger partial charge in [-0.05, 0) is 44.2 Å². The summed E-state index contributed by atoms with van der Waals surface area (Å²) in [4.78, 5) is 14.7. The summed E-state index contributed by atoms with van der Waals surface area (Å²) in [6.45, 7) is 4.35. The van der Waals surface area contributed by atoms with Crippen molar-refractivity contribution in [1.29, 1.82) is 0 Å². The summed E-state index contributed by atoms with van der Waals surface area (Å²) in [5.41, 5.74) is 1.59. The van der Waals surface area contributed by atoms with Crippen molar-refractivity contribution in [2.45, 2.75) is 24.3 Å². The number of hydrogen-bond donors (Lipinski definition) is 1. The van der Waals surface area contributed by atoms with Gasteiger partial charge in [-0.25, -0.2) is 4.68 Å². The van der Waals surface area contributed by atoms with Gasteiger partial charge in [0.15, 0.2) is 17.3 Å². The zero-order chi connectivity index (χ0) is 21.7. The van der Waals surface area contributed by atoms with Crippen LogP contribution in [0.15, 0.2) is 53.7 Å². The van der Waals surface area contributed by atoms with E-state index in [-0.39, 0.29) is 5.91 Å². The van der Waals surface area contributed by atoms with Crippen molar-refractivity contribution in [1.82, 2.24) is 14.9 Å². The molecule has 0 aliphatic rings. The van der Waals surface area contributed by atoms with E-state index in [2.05, 4.69) is 10.2 Å². The molecule has 158 valence electrons. The minimum absolute atomic E-state index is 0.0237. The third kappa shape index (κ3) is 4.35. The fourth-order valence-corrected chi connectivity index (χ4v) is 3.86.